The average Bonchev–Trinajstić information content (AvgIpc) is 3.64. The third kappa shape index (κ3) is 9.89. The highest BCUT2D eigenvalue weighted by Gasteiger charge is 2.43. The zero-order chi connectivity index (χ0) is 29.6. The Hall–Kier alpha value is -2.97. The summed E-state index contributed by atoms with van der Waals surface area (Å²) < 4.78 is 75.8. The number of pyridine rings is 1. The number of fused-ring (bicyclic) bond motifs is 1. The van der Waals surface area contributed by atoms with Crippen LogP contribution in [0.4, 0.5) is 26.3 Å². The number of halogens is 6. The van der Waals surface area contributed by atoms with Crippen molar-refractivity contribution in [2.24, 2.45) is 5.92 Å². The highest BCUT2D eigenvalue weighted by atomic mass is 19.4. The largest absolute Gasteiger partial charge is 0.490 e. The molecule has 5 rings (SSSR count). The number of aromatic nitrogens is 1. The second kappa shape index (κ2) is 13.1. The molecule has 3 fully saturated rings. The fourth-order valence-corrected chi connectivity index (χ4v) is 4.36. The molecule has 222 valence electrons. The number of ether oxygens (including phenoxy) is 2. The molecule has 2 aromatic rings. The van der Waals surface area contributed by atoms with Crippen molar-refractivity contribution in [2.45, 2.75) is 62.7 Å². The van der Waals surface area contributed by atoms with Gasteiger partial charge in [-0.05, 0) is 43.7 Å². The third-order valence-electron chi connectivity index (χ3n) is 6.73. The van der Waals surface area contributed by atoms with Gasteiger partial charge >= 0.3 is 24.3 Å². The first-order valence-corrected chi connectivity index (χ1v) is 12.6. The van der Waals surface area contributed by atoms with Crippen LogP contribution in [0.1, 0.15) is 37.8 Å². The lowest BCUT2D eigenvalue weighted by Gasteiger charge is -2.38. The number of carboxylic acid groups (broad SMARTS) is 2. The van der Waals surface area contributed by atoms with E-state index in [1.165, 1.54) is 18.2 Å². The molecule has 40 heavy (non-hydrogen) atoms. The number of carboxylic acids is 2. The van der Waals surface area contributed by atoms with Crippen molar-refractivity contribution < 1.29 is 55.6 Å². The van der Waals surface area contributed by atoms with E-state index < -0.39 is 24.3 Å². The van der Waals surface area contributed by atoms with Gasteiger partial charge in [0.2, 0.25) is 0 Å². The number of carbonyl (C=O) groups is 2. The Morgan fingerprint density at radius 3 is 2.10 bits per heavy atom. The van der Waals surface area contributed by atoms with Crippen molar-refractivity contribution in [2.75, 3.05) is 26.3 Å². The summed E-state index contributed by atoms with van der Waals surface area (Å²) in [5, 5.41) is 15.5. The van der Waals surface area contributed by atoms with Gasteiger partial charge in [-0.15, -0.1) is 0 Å². The van der Waals surface area contributed by atoms with Crippen molar-refractivity contribution in [1.29, 1.82) is 0 Å². The maximum Gasteiger partial charge on any atom is 0.490 e. The molecule has 1 saturated carbocycles. The summed E-state index contributed by atoms with van der Waals surface area (Å²) in [4.78, 5) is 25.1. The predicted molar refractivity (Wildman–Crippen MR) is 129 cm³/mol. The second-order valence-electron chi connectivity index (χ2n) is 9.97. The highest BCUT2D eigenvalue weighted by molar-refractivity contribution is 5.78. The van der Waals surface area contributed by atoms with Gasteiger partial charge in [-0.1, -0.05) is 24.3 Å². The SMILES string of the molecule is O=C(O)C(F)(F)F.O=C(O)C(F)(F)F.c1ccc2nc(CN3CCC4(CC3)CC(OCC3CC3)CO4)ccc2c1. The molecule has 3 aliphatic rings. The monoisotopic (exact) mass is 580 g/mol. The normalized spacial score (nSPS) is 20.8. The van der Waals surface area contributed by atoms with Crippen LogP contribution in [0.5, 0.6) is 0 Å². The Morgan fingerprint density at radius 1 is 0.975 bits per heavy atom. The van der Waals surface area contributed by atoms with Crippen LogP contribution in [-0.4, -0.2) is 82.4 Å². The number of hydrogen-bond donors (Lipinski definition) is 2. The summed E-state index contributed by atoms with van der Waals surface area (Å²) >= 11 is 0. The Bertz CT molecular complexity index is 1120. The Kier molecular flexibility index (Phi) is 10.4. The number of likely N-dealkylation sites (tertiary alicyclic amines) is 1. The molecule has 1 aromatic carbocycles. The molecule has 1 unspecified atom stereocenters. The summed E-state index contributed by atoms with van der Waals surface area (Å²) in [5.41, 5.74) is 2.33. The maximum atomic E-state index is 10.6. The van der Waals surface area contributed by atoms with Gasteiger partial charge in [-0.3, -0.25) is 9.88 Å². The summed E-state index contributed by atoms with van der Waals surface area (Å²) in [5.74, 6) is -4.68. The fraction of sp³-hybridized carbons (Fsp3) is 0.577. The van der Waals surface area contributed by atoms with Crippen molar-refractivity contribution in [1.82, 2.24) is 9.88 Å². The summed E-state index contributed by atoms with van der Waals surface area (Å²) in [7, 11) is 0. The molecule has 0 amide bonds. The van der Waals surface area contributed by atoms with E-state index >= 15 is 0 Å². The van der Waals surface area contributed by atoms with E-state index in [4.69, 9.17) is 34.3 Å². The van der Waals surface area contributed by atoms with Gasteiger partial charge in [0.1, 0.15) is 0 Å². The van der Waals surface area contributed by atoms with Gasteiger partial charge in [-0.25, -0.2) is 9.59 Å². The molecule has 1 aliphatic carbocycles. The number of benzene rings is 1. The van der Waals surface area contributed by atoms with Gasteiger partial charge in [0, 0.05) is 38.0 Å². The van der Waals surface area contributed by atoms with E-state index in [0.717, 1.165) is 69.2 Å². The Balaban J connectivity index is 0.000000263. The molecule has 2 N–H and O–H groups in total. The lowest BCUT2D eigenvalue weighted by atomic mass is 9.88. The molecule has 1 spiro atoms. The van der Waals surface area contributed by atoms with E-state index in [9.17, 15) is 26.3 Å². The lowest BCUT2D eigenvalue weighted by Crippen LogP contribution is -2.44. The summed E-state index contributed by atoms with van der Waals surface area (Å²) in [6, 6.07) is 12.7. The molecule has 14 heteroatoms. The van der Waals surface area contributed by atoms with E-state index in [0.29, 0.717) is 6.10 Å². The van der Waals surface area contributed by atoms with Crippen molar-refractivity contribution >= 4 is 22.8 Å². The molecule has 8 nitrogen and oxygen atoms in total. The van der Waals surface area contributed by atoms with E-state index in [1.54, 1.807) is 0 Å². The van der Waals surface area contributed by atoms with Gasteiger partial charge in [0.25, 0.3) is 0 Å². The zero-order valence-electron chi connectivity index (χ0n) is 21.4. The maximum absolute atomic E-state index is 10.6. The Labute approximate surface area is 225 Å². The highest BCUT2D eigenvalue weighted by Crippen LogP contribution is 2.38. The van der Waals surface area contributed by atoms with Gasteiger partial charge < -0.3 is 19.7 Å². The van der Waals surface area contributed by atoms with Crippen LogP contribution < -0.4 is 0 Å². The van der Waals surface area contributed by atoms with Crippen molar-refractivity contribution in [3.63, 3.8) is 0 Å². The smallest absolute Gasteiger partial charge is 0.475 e. The molecular weight excluding hydrogens is 550 g/mol. The third-order valence-corrected chi connectivity index (χ3v) is 6.73. The first-order chi connectivity index (χ1) is 18.7. The second-order valence-corrected chi connectivity index (χ2v) is 9.97. The predicted octanol–water partition coefficient (Wildman–Crippen LogP) is 5.05. The molecule has 1 aromatic heterocycles. The standard InChI is InChI=1S/C22H28N2O2.2C2HF3O2/c1-2-4-21-18(3-1)7-8-19(23-21)14-24-11-9-22(10-12-24)13-20(16-26-22)25-15-17-5-6-17;2*3-2(4,5)1(6)7/h1-4,7-8,17,20H,5-6,9-16H2;2*(H,6,7). The van der Waals surface area contributed by atoms with E-state index in [2.05, 4.69) is 41.3 Å². The van der Waals surface area contributed by atoms with Crippen LogP contribution in [0.25, 0.3) is 10.9 Å². The summed E-state index contributed by atoms with van der Waals surface area (Å²) in [6.07, 6.45) is -3.81. The molecule has 3 heterocycles. The minimum atomic E-state index is -5.08. The Morgan fingerprint density at radius 2 is 1.55 bits per heavy atom. The van der Waals surface area contributed by atoms with Gasteiger partial charge in [0.15, 0.2) is 0 Å². The number of hydrogen-bond acceptors (Lipinski definition) is 6. The van der Waals surface area contributed by atoms with E-state index in [-0.39, 0.29) is 5.60 Å². The minimum absolute atomic E-state index is 0.0710. The van der Waals surface area contributed by atoms with E-state index in [1.807, 2.05) is 0 Å². The topological polar surface area (TPSA) is 109 Å². The zero-order valence-corrected chi connectivity index (χ0v) is 21.4. The van der Waals surface area contributed by atoms with Crippen LogP contribution in [-0.2, 0) is 25.6 Å². The number of rotatable bonds is 5. The molecule has 2 saturated heterocycles. The van der Waals surface area contributed by atoms with Crippen LogP contribution in [0.3, 0.4) is 0 Å². The number of para-hydroxylation sites is 1. The molecular formula is C26H30F6N2O6. The van der Waals surface area contributed by atoms with Crippen molar-refractivity contribution in [3.8, 4) is 0 Å². The lowest BCUT2D eigenvalue weighted by molar-refractivity contribution is -0.193. The number of piperidine rings is 1. The first-order valence-electron chi connectivity index (χ1n) is 12.6. The summed E-state index contributed by atoms with van der Waals surface area (Å²) in [6.45, 7) is 4.85. The number of alkyl halides is 6. The van der Waals surface area contributed by atoms with Crippen LogP contribution >= 0.6 is 0 Å². The van der Waals surface area contributed by atoms with Crippen LogP contribution in [0, 0.1) is 5.92 Å². The fourth-order valence-electron chi connectivity index (χ4n) is 4.36. The first kappa shape index (κ1) is 31.6. The van der Waals surface area contributed by atoms with Gasteiger partial charge in [0.05, 0.1) is 29.5 Å². The van der Waals surface area contributed by atoms with Crippen molar-refractivity contribution in [3.05, 3.63) is 42.1 Å². The minimum Gasteiger partial charge on any atom is -0.475 e. The molecule has 2 aliphatic heterocycles. The number of aliphatic carboxylic acids is 2. The number of nitrogens with zero attached hydrogens (tertiary/aromatic N) is 2. The molecule has 0 radical (unpaired) electrons. The van der Waals surface area contributed by atoms with Gasteiger partial charge in [-0.2, -0.15) is 26.3 Å². The van der Waals surface area contributed by atoms with Crippen LogP contribution in [0.15, 0.2) is 36.4 Å². The average molecular weight is 581 g/mol. The quantitative estimate of drug-likeness (QED) is 0.473. The van der Waals surface area contributed by atoms with Crippen LogP contribution in [0.2, 0.25) is 0 Å². The molecule has 0 bridgehead atoms. The molecule has 1 atom stereocenters.